The van der Waals surface area contributed by atoms with Crippen LogP contribution >= 0.6 is 0 Å². The van der Waals surface area contributed by atoms with E-state index in [1.807, 2.05) is 37.4 Å². The van der Waals surface area contributed by atoms with Crippen molar-refractivity contribution in [3.05, 3.63) is 59.7 Å². The van der Waals surface area contributed by atoms with E-state index in [1.165, 1.54) is 0 Å². The monoisotopic (exact) mass is 444 g/mol. The SMILES string of the molecule is COCOc1cccc(C(CN2CCC(OCOC)C2)N(C)c2ccc(C(=O)O)cc2)c1. The zero-order valence-corrected chi connectivity index (χ0v) is 18.9. The minimum Gasteiger partial charge on any atom is -0.478 e. The molecule has 2 aromatic carbocycles. The number of benzene rings is 2. The highest BCUT2D eigenvalue weighted by Gasteiger charge is 2.28. The molecule has 1 aliphatic heterocycles. The van der Waals surface area contributed by atoms with E-state index in [0.717, 1.165) is 43.1 Å². The number of aromatic carboxylic acids is 1. The zero-order valence-electron chi connectivity index (χ0n) is 18.9. The van der Waals surface area contributed by atoms with Crippen LogP contribution in [0.25, 0.3) is 0 Å². The van der Waals surface area contributed by atoms with E-state index in [0.29, 0.717) is 6.79 Å². The molecule has 174 valence electrons. The molecule has 0 amide bonds. The third-order valence-corrected chi connectivity index (χ3v) is 5.66. The van der Waals surface area contributed by atoms with Crippen molar-refractivity contribution in [2.75, 3.05) is 59.4 Å². The van der Waals surface area contributed by atoms with E-state index in [2.05, 4.69) is 15.9 Å². The molecule has 0 aliphatic carbocycles. The molecule has 2 aromatic rings. The molecule has 0 bridgehead atoms. The Morgan fingerprint density at radius 2 is 1.91 bits per heavy atom. The first kappa shape index (κ1) is 24.0. The fourth-order valence-electron chi connectivity index (χ4n) is 3.92. The Morgan fingerprint density at radius 1 is 1.16 bits per heavy atom. The van der Waals surface area contributed by atoms with Crippen molar-refractivity contribution in [1.82, 2.24) is 4.90 Å². The van der Waals surface area contributed by atoms with E-state index >= 15 is 0 Å². The number of hydrogen-bond donors (Lipinski definition) is 1. The Kier molecular flexibility index (Phi) is 8.87. The van der Waals surface area contributed by atoms with Crippen molar-refractivity contribution in [2.45, 2.75) is 18.6 Å². The van der Waals surface area contributed by atoms with Crippen LogP contribution in [0.2, 0.25) is 0 Å². The van der Waals surface area contributed by atoms with E-state index in [4.69, 9.17) is 18.9 Å². The molecule has 3 rings (SSSR count). The Labute approximate surface area is 189 Å². The van der Waals surface area contributed by atoms with Crippen LogP contribution in [0.15, 0.2) is 48.5 Å². The molecular weight excluding hydrogens is 412 g/mol. The standard InChI is InChI=1S/C24H32N2O6/c1-25(20-9-7-18(8-10-20)24(27)28)23(15-26-12-11-22(14-26)32-17-30-3)19-5-4-6-21(13-19)31-16-29-2/h4-10,13,22-23H,11-12,14-17H2,1-3H3,(H,27,28). The molecule has 32 heavy (non-hydrogen) atoms. The molecule has 2 unspecified atom stereocenters. The van der Waals surface area contributed by atoms with Gasteiger partial charge in [0.25, 0.3) is 0 Å². The summed E-state index contributed by atoms with van der Waals surface area (Å²) in [5, 5.41) is 9.21. The van der Waals surface area contributed by atoms with Gasteiger partial charge in [0.05, 0.1) is 17.7 Å². The molecular formula is C24H32N2O6. The van der Waals surface area contributed by atoms with Gasteiger partial charge in [-0.25, -0.2) is 4.79 Å². The summed E-state index contributed by atoms with van der Waals surface area (Å²) in [4.78, 5) is 15.8. The first-order valence-corrected chi connectivity index (χ1v) is 10.6. The summed E-state index contributed by atoms with van der Waals surface area (Å²) in [6.45, 7) is 3.06. The van der Waals surface area contributed by atoms with Gasteiger partial charge in [-0.2, -0.15) is 0 Å². The third-order valence-electron chi connectivity index (χ3n) is 5.66. The molecule has 1 saturated heterocycles. The minimum absolute atomic E-state index is 0.0259. The van der Waals surface area contributed by atoms with Gasteiger partial charge in [0.15, 0.2) is 6.79 Å². The van der Waals surface area contributed by atoms with Crippen molar-refractivity contribution >= 4 is 11.7 Å². The first-order chi connectivity index (χ1) is 15.5. The Balaban J connectivity index is 1.81. The number of anilines is 1. The van der Waals surface area contributed by atoms with E-state index in [1.54, 1.807) is 26.4 Å². The van der Waals surface area contributed by atoms with Crippen LogP contribution in [0.3, 0.4) is 0 Å². The van der Waals surface area contributed by atoms with Crippen LogP contribution in [-0.4, -0.2) is 76.6 Å². The second kappa shape index (κ2) is 11.8. The maximum Gasteiger partial charge on any atom is 0.335 e. The van der Waals surface area contributed by atoms with Gasteiger partial charge in [-0.05, 0) is 48.4 Å². The van der Waals surface area contributed by atoms with Crippen molar-refractivity contribution < 1.29 is 28.8 Å². The summed E-state index contributed by atoms with van der Waals surface area (Å²) in [6.07, 6.45) is 1.12. The van der Waals surface area contributed by atoms with Gasteiger partial charge >= 0.3 is 5.97 Å². The number of rotatable bonds is 12. The lowest BCUT2D eigenvalue weighted by Crippen LogP contribution is -2.36. The highest BCUT2D eigenvalue weighted by Crippen LogP contribution is 2.30. The summed E-state index contributed by atoms with van der Waals surface area (Å²) in [5.74, 6) is -0.190. The maximum absolute atomic E-state index is 11.2. The number of likely N-dealkylation sites (tertiary alicyclic amines) is 1. The van der Waals surface area contributed by atoms with E-state index in [-0.39, 0.29) is 24.5 Å². The highest BCUT2D eigenvalue weighted by atomic mass is 16.7. The molecule has 1 N–H and O–H groups in total. The molecule has 0 aromatic heterocycles. The van der Waals surface area contributed by atoms with Crippen LogP contribution in [0, 0.1) is 0 Å². The highest BCUT2D eigenvalue weighted by molar-refractivity contribution is 5.88. The van der Waals surface area contributed by atoms with Gasteiger partial charge in [0.2, 0.25) is 0 Å². The van der Waals surface area contributed by atoms with E-state index < -0.39 is 5.97 Å². The summed E-state index contributed by atoms with van der Waals surface area (Å²) < 4.78 is 21.5. The number of ether oxygens (including phenoxy) is 4. The predicted octanol–water partition coefficient (Wildman–Crippen LogP) is 3.24. The summed E-state index contributed by atoms with van der Waals surface area (Å²) in [5.41, 5.74) is 2.31. The summed E-state index contributed by atoms with van der Waals surface area (Å²) in [6, 6.07) is 15.0. The van der Waals surface area contributed by atoms with Crippen molar-refractivity contribution in [2.24, 2.45) is 0 Å². The largest absolute Gasteiger partial charge is 0.478 e. The number of carboxylic acids is 1. The molecule has 0 spiro atoms. The van der Waals surface area contributed by atoms with Crippen molar-refractivity contribution in [3.8, 4) is 5.75 Å². The third kappa shape index (κ3) is 6.43. The average Bonchev–Trinajstić information content (AvgIpc) is 3.27. The van der Waals surface area contributed by atoms with Crippen LogP contribution in [0.5, 0.6) is 5.75 Å². The second-order valence-corrected chi connectivity index (χ2v) is 7.85. The second-order valence-electron chi connectivity index (χ2n) is 7.85. The normalized spacial score (nSPS) is 17.3. The summed E-state index contributed by atoms with van der Waals surface area (Å²) >= 11 is 0. The van der Waals surface area contributed by atoms with Crippen LogP contribution < -0.4 is 9.64 Å². The number of carbonyl (C=O) groups is 1. The molecule has 2 atom stereocenters. The van der Waals surface area contributed by atoms with Crippen LogP contribution in [0.1, 0.15) is 28.4 Å². The smallest absolute Gasteiger partial charge is 0.335 e. The van der Waals surface area contributed by atoms with Crippen molar-refractivity contribution in [3.63, 3.8) is 0 Å². The quantitative estimate of drug-likeness (QED) is 0.500. The lowest BCUT2D eigenvalue weighted by Gasteiger charge is -2.34. The molecule has 1 fully saturated rings. The molecule has 1 heterocycles. The number of likely N-dealkylation sites (N-methyl/N-ethyl adjacent to an activating group) is 1. The van der Waals surface area contributed by atoms with Crippen LogP contribution in [0.4, 0.5) is 5.69 Å². The minimum atomic E-state index is -0.932. The molecule has 0 radical (unpaired) electrons. The van der Waals surface area contributed by atoms with Gasteiger partial charge in [-0.1, -0.05) is 12.1 Å². The average molecular weight is 445 g/mol. The number of nitrogens with zero attached hydrogens (tertiary/aromatic N) is 2. The Morgan fingerprint density at radius 3 is 2.59 bits per heavy atom. The zero-order chi connectivity index (χ0) is 22.9. The Hall–Kier alpha value is -2.65. The molecule has 0 saturated carbocycles. The van der Waals surface area contributed by atoms with E-state index in [9.17, 15) is 9.90 Å². The topological polar surface area (TPSA) is 80.7 Å². The molecule has 8 heteroatoms. The Bertz CT molecular complexity index is 860. The lowest BCUT2D eigenvalue weighted by molar-refractivity contribution is -0.0671. The fourth-order valence-corrected chi connectivity index (χ4v) is 3.92. The fraction of sp³-hybridized carbons (Fsp3) is 0.458. The number of methoxy groups -OCH3 is 2. The van der Waals surface area contributed by atoms with Gasteiger partial charge in [-0.3, -0.25) is 4.90 Å². The number of hydrogen-bond acceptors (Lipinski definition) is 7. The first-order valence-electron chi connectivity index (χ1n) is 10.6. The summed E-state index contributed by atoms with van der Waals surface area (Å²) in [7, 11) is 5.25. The lowest BCUT2D eigenvalue weighted by atomic mass is 10.0. The van der Waals surface area contributed by atoms with Gasteiger partial charge in [0, 0.05) is 46.6 Å². The predicted molar refractivity (Wildman–Crippen MR) is 121 cm³/mol. The number of carboxylic acid groups (broad SMARTS) is 1. The maximum atomic E-state index is 11.2. The van der Waals surface area contributed by atoms with Gasteiger partial charge < -0.3 is 29.0 Å². The molecule has 1 aliphatic rings. The van der Waals surface area contributed by atoms with Crippen molar-refractivity contribution in [1.29, 1.82) is 0 Å². The van der Waals surface area contributed by atoms with Gasteiger partial charge in [-0.15, -0.1) is 0 Å². The molecule has 8 nitrogen and oxygen atoms in total. The van der Waals surface area contributed by atoms with Crippen LogP contribution in [-0.2, 0) is 14.2 Å². The van der Waals surface area contributed by atoms with Gasteiger partial charge in [0.1, 0.15) is 12.5 Å².